The van der Waals surface area contributed by atoms with Gasteiger partial charge in [0.2, 0.25) is 5.91 Å². The van der Waals surface area contributed by atoms with E-state index in [2.05, 4.69) is 26.6 Å². The van der Waals surface area contributed by atoms with Gasteiger partial charge in [0.25, 0.3) is 0 Å². The Bertz CT molecular complexity index is 474. The van der Waals surface area contributed by atoms with Crippen LogP contribution in [0.4, 0.5) is 5.69 Å². The first-order valence-electron chi connectivity index (χ1n) is 6.47. The Morgan fingerprint density at radius 1 is 1.37 bits per heavy atom. The molecule has 1 spiro atoms. The van der Waals surface area contributed by atoms with Crippen molar-refractivity contribution < 1.29 is 4.79 Å². The highest BCUT2D eigenvalue weighted by molar-refractivity contribution is 9.10. The van der Waals surface area contributed by atoms with Crippen molar-refractivity contribution in [2.45, 2.75) is 19.3 Å². The number of hydrogen-bond acceptors (Lipinski definition) is 2. The van der Waals surface area contributed by atoms with Crippen LogP contribution in [-0.4, -0.2) is 19.0 Å². The van der Waals surface area contributed by atoms with Crippen LogP contribution in [0.1, 0.15) is 19.3 Å². The van der Waals surface area contributed by atoms with Crippen molar-refractivity contribution in [2.24, 2.45) is 11.3 Å². The topological polar surface area (TPSA) is 41.1 Å². The zero-order valence-corrected chi connectivity index (χ0v) is 13.0. The van der Waals surface area contributed by atoms with Crippen LogP contribution in [0.3, 0.4) is 0 Å². The van der Waals surface area contributed by atoms with Crippen LogP contribution in [0.5, 0.6) is 0 Å². The van der Waals surface area contributed by atoms with Crippen LogP contribution in [0.15, 0.2) is 28.7 Å². The van der Waals surface area contributed by atoms with Gasteiger partial charge in [0.1, 0.15) is 0 Å². The van der Waals surface area contributed by atoms with Crippen molar-refractivity contribution in [3.8, 4) is 0 Å². The summed E-state index contributed by atoms with van der Waals surface area (Å²) in [5.74, 6) is 0.411. The molecule has 1 aromatic carbocycles. The van der Waals surface area contributed by atoms with E-state index >= 15 is 0 Å². The number of halogens is 2. The fraction of sp³-hybridized carbons (Fsp3) is 0.500. The van der Waals surface area contributed by atoms with Crippen molar-refractivity contribution in [1.82, 2.24) is 5.32 Å². The molecule has 0 radical (unpaired) electrons. The van der Waals surface area contributed by atoms with Crippen LogP contribution >= 0.6 is 28.3 Å². The molecule has 1 unspecified atom stereocenters. The van der Waals surface area contributed by atoms with Crippen molar-refractivity contribution in [3.05, 3.63) is 28.7 Å². The van der Waals surface area contributed by atoms with Gasteiger partial charge < -0.3 is 10.6 Å². The minimum atomic E-state index is 0. The lowest BCUT2D eigenvalue weighted by atomic mass is 9.92. The number of amides is 1. The summed E-state index contributed by atoms with van der Waals surface area (Å²) in [6.07, 6.45) is 3.35. The molecule has 5 heteroatoms. The molecule has 19 heavy (non-hydrogen) atoms. The number of piperidine rings is 1. The number of rotatable bonds is 2. The van der Waals surface area contributed by atoms with Gasteiger partial charge in [-0.2, -0.15) is 0 Å². The van der Waals surface area contributed by atoms with Gasteiger partial charge in [0, 0.05) is 16.1 Å². The Labute approximate surface area is 128 Å². The lowest BCUT2D eigenvalue weighted by molar-refractivity contribution is -0.118. The molecule has 3 rings (SSSR count). The number of benzene rings is 1. The monoisotopic (exact) mass is 344 g/mol. The van der Waals surface area contributed by atoms with E-state index in [0.29, 0.717) is 5.41 Å². The van der Waals surface area contributed by atoms with E-state index in [-0.39, 0.29) is 24.2 Å². The van der Waals surface area contributed by atoms with Gasteiger partial charge in [-0.25, -0.2) is 0 Å². The highest BCUT2D eigenvalue weighted by Crippen LogP contribution is 2.58. The summed E-state index contributed by atoms with van der Waals surface area (Å²) in [7, 11) is 0. The molecule has 0 bridgehead atoms. The largest absolute Gasteiger partial charge is 0.326 e. The van der Waals surface area contributed by atoms with Gasteiger partial charge in [-0.1, -0.05) is 22.0 Å². The normalized spacial score (nSPS) is 23.5. The quantitative estimate of drug-likeness (QED) is 0.864. The van der Waals surface area contributed by atoms with E-state index in [9.17, 15) is 4.79 Å². The van der Waals surface area contributed by atoms with E-state index < -0.39 is 0 Å². The zero-order chi connectivity index (χ0) is 12.6. The Balaban J connectivity index is 0.00000133. The summed E-state index contributed by atoms with van der Waals surface area (Å²) in [4.78, 5) is 12.2. The average molecular weight is 346 g/mol. The van der Waals surface area contributed by atoms with Crippen LogP contribution in [0.25, 0.3) is 0 Å². The Morgan fingerprint density at radius 3 is 2.79 bits per heavy atom. The first-order valence-corrected chi connectivity index (χ1v) is 7.26. The number of nitrogens with one attached hydrogen (secondary N) is 2. The molecular weight excluding hydrogens is 328 g/mol. The summed E-state index contributed by atoms with van der Waals surface area (Å²) in [5.41, 5.74) is 1.19. The molecule has 2 aliphatic rings. The molecular formula is C14H18BrClN2O. The maximum atomic E-state index is 12.2. The molecule has 1 amide bonds. The Hall–Kier alpha value is -0.580. The smallest absolute Gasteiger partial charge is 0.228 e. The molecule has 1 saturated carbocycles. The first-order chi connectivity index (χ1) is 8.70. The third-order valence-corrected chi connectivity index (χ3v) is 4.69. The molecule has 1 aromatic rings. The van der Waals surface area contributed by atoms with Gasteiger partial charge >= 0.3 is 0 Å². The molecule has 2 fully saturated rings. The lowest BCUT2D eigenvalue weighted by Gasteiger charge is -2.23. The fourth-order valence-corrected chi connectivity index (χ4v) is 3.39. The predicted octanol–water partition coefficient (Wildman–Crippen LogP) is 3.20. The standard InChI is InChI=1S/C14H17BrN2O.ClH/c15-10-2-1-3-11(8-10)17-13(18)12-9-14(12)4-6-16-7-5-14;/h1-3,8,12,16H,4-7,9H2,(H,17,18);1H. The Kier molecular flexibility index (Phi) is 4.54. The van der Waals surface area contributed by atoms with Gasteiger partial charge in [-0.05, 0) is 56.0 Å². The van der Waals surface area contributed by atoms with Gasteiger partial charge in [-0.3, -0.25) is 4.79 Å². The van der Waals surface area contributed by atoms with E-state index in [1.165, 1.54) is 0 Å². The third kappa shape index (κ3) is 3.12. The molecule has 1 atom stereocenters. The molecule has 1 aliphatic carbocycles. The maximum Gasteiger partial charge on any atom is 0.228 e. The fourth-order valence-electron chi connectivity index (χ4n) is 2.99. The van der Waals surface area contributed by atoms with E-state index in [4.69, 9.17) is 0 Å². The summed E-state index contributed by atoms with van der Waals surface area (Å²) in [5, 5.41) is 6.39. The summed E-state index contributed by atoms with van der Waals surface area (Å²) < 4.78 is 0.993. The number of anilines is 1. The molecule has 1 saturated heterocycles. The van der Waals surface area contributed by atoms with Crippen LogP contribution < -0.4 is 10.6 Å². The van der Waals surface area contributed by atoms with E-state index in [1.54, 1.807) is 0 Å². The van der Waals surface area contributed by atoms with Crippen molar-refractivity contribution in [1.29, 1.82) is 0 Å². The second-order valence-corrected chi connectivity index (χ2v) is 6.28. The highest BCUT2D eigenvalue weighted by atomic mass is 79.9. The number of carbonyl (C=O) groups excluding carboxylic acids is 1. The van der Waals surface area contributed by atoms with Crippen molar-refractivity contribution >= 4 is 39.9 Å². The van der Waals surface area contributed by atoms with Crippen molar-refractivity contribution in [3.63, 3.8) is 0 Å². The van der Waals surface area contributed by atoms with Gasteiger partial charge in [-0.15, -0.1) is 12.4 Å². The molecule has 3 nitrogen and oxygen atoms in total. The predicted molar refractivity (Wildman–Crippen MR) is 82.7 cm³/mol. The molecule has 1 heterocycles. The summed E-state index contributed by atoms with van der Waals surface area (Å²) in [6.45, 7) is 2.11. The second kappa shape index (κ2) is 5.81. The maximum absolute atomic E-state index is 12.2. The van der Waals surface area contributed by atoms with E-state index in [1.807, 2.05) is 24.3 Å². The lowest BCUT2D eigenvalue weighted by Crippen LogP contribution is -2.31. The summed E-state index contributed by atoms with van der Waals surface area (Å²) in [6, 6.07) is 7.77. The molecule has 0 aromatic heterocycles. The third-order valence-electron chi connectivity index (χ3n) is 4.20. The SMILES string of the molecule is Cl.O=C(Nc1cccc(Br)c1)C1CC12CCNCC2. The molecule has 104 valence electrons. The number of hydrogen-bond donors (Lipinski definition) is 2. The van der Waals surface area contributed by atoms with Crippen LogP contribution in [0, 0.1) is 11.3 Å². The molecule has 1 aliphatic heterocycles. The second-order valence-electron chi connectivity index (χ2n) is 5.37. The first kappa shape index (κ1) is 14.8. The number of carbonyl (C=O) groups is 1. The van der Waals surface area contributed by atoms with Gasteiger partial charge in [0.15, 0.2) is 0 Å². The minimum absolute atomic E-state index is 0. The van der Waals surface area contributed by atoms with Gasteiger partial charge in [0.05, 0.1) is 0 Å². The van der Waals surface area contributed by atoms with Crippen LogP contribution in [-0.2, 0) is 4.79 Å². The zero-order valence-electron chi connectivity index (χ0n) is 10.6. The van der Waals surface area contributed by atoms with Crippen molar-refractivity contribution in [2.75, 3.05) is 18.4 Å². The van der Waals surface area contributed by atoms with E-state index in [0.717, 1.165) is 42.5 Å². The summed E-state index contributed by atoms with van der Waals surface area (Å²) >= 11 is 3.42. The average Bonchev–Trinajstić information content (AvgIpc) is 3.04. The van der Waals surface area contributed by atoms with Crippen LogP contribution in [0.2, 0.25) is 0 Å². The molecule has 2 N–H and O–H groups in total. The minimum Gasteiger partial charge on any atom is -0.326 e. The highest BCUT2D eigenvalue weighted by Gasteiger charge is 2.57. The Morgan fingerprint density at radius 2 is 2.11 bits per heavy atom.